The maximum Gasteiger partial charge on any atom is 0.349 e. The topological polar surface area (TPSA) is 35.5 Å². The Bertz CT molecular complexity index is 630. The zero-order chi connectivity index (χ0) is 15.4. The van der Waals surface area contributed by atoms with E-state index >= 15 is 0 Å². The molecule has 0 aliphatic carbocycles. The first-order valence-electron chi connectivity index (χ1n) is 6.31. The number of ether oxygens (including phenoxy) is 2. The van der Waals surface area contributed by atoms with Crippen molar-refractivity contribution < 1.29 is 14.3 Å². The van der Waals surface area contributed by atoms with E-state index in [0.717, 1.165) is 15.6 Å². The van der Waals surface area contributed by atoms with E-state index in [1.54, 1.807) is 24.3 Å². The molecule has 0 fully saturated rings. The number of esters is 1. The molecule has 0 N–H and O–H groups in total. The molecule has 5 heteroatoms. The summed E-state index contributed by atoms with van der Waals surface area (Å²) >= 11 is 9.40. The molecule has 0 amide bonds. The number of halogens is 2. The summed E-state index contributed by atoms with van der Waals surface area (Å²) in [5, 5.41) is 0.681. The van der Waals surface area contributed by atoms with Gasteiger partial charge in [0.05, 0.1) is 0 Å². The molecule has 0 saturated heterocycles. The predicted molar refractivity (Wildman–Crippen MR) is 86.2 cm³/mol. The van der Waals surface area contributed by atoms with Gasteiger partial charge in [-0.25, -0.2) is 4.79 Å². The van der Waals surface area contributed by atoms with Gasteiger partial charge in [-0.2, -0.15) is 0 Å². The molecule has 0 aliphatic rings. The Kier molecular flexibility index (Phi) is 5.26. The van der Waals surface area contributed by atoms with E-state index < -0.39 is 5.97 Å². The lowest BCUT2D eigenvalue weighted by Gasteiger charge is -2.09. The van der Waals surface area contributed by atoms with Crippen LogP contribution in [0.3, 0.4) is 0 Å². The van der Waals surface area contributed by atoms with Crippen molar-refractivity contribution in [3.63, 3.8) is 0 Å². The first-order valence-corrected chi connectivity index (χ1v) is 7.48. The third-order valence-corrected chi connectivity index (χ3v) is 3.94. The minimum atomic E-state index is -0.459. The molecule has 2 rings (SSSR count). The van der Waals surface area contributed by atoms with E-state index in [-0.39, 0.29) is 6.61 Å². The highest BCUT2D eigenvalue weighted by Gasteiger charge is 2.09. The van der Waals surface area contributed by atoms with Crippen LogP contribution in [0, 0.1) is 13.8 Å². The van der Waals surface area contributed by atoms with Crippen LogP contribution < -0.4 is 9.47 Å². The second kappa shape index (κ2) is 6.96. The van der Waals surface area contributed by atoms with E-state index in [1.165, 1.54) is 0 Å². The minimum Gasteiger partial charge on any atom is -0.482 e. The fraction of sp³-hybridized carbons (Fsp3) is 0.188. The van der Waals surface area contributed by atoms with E-state index in [2.05, 4.69) is 15.9 Å². The minimum absolute atomic E-state index is 0.150. The highest BCUT2D eigenvalue weighted by atomic mass is 79.9. The van der Waals surface area contributed by atoms with Gasteiger partial charge in [-0.15, -0.1) is 0 Å². The second-order valence-corrected chi connectivity index (χ2v) is 5.88. The van der Waals surface area contributed by atoms with Gasteiger partial charge < -0.3 is 9.47 Å². The highest BCUT2D eigenvalue weighted by Crippen LogP contribution is 2.26. The SMILES string of the molecule is Cc1cc(OC(=O)COc2ccc(Br)cc2)cc(C)c1Cl. The van der Waals surface area contributed by atoms with E-state index in [4.69, 9.17) is 21.1 Å². The molecular formula is C16H14BrClO3. The third-order valence-electron chi connectivity index (χ3n) is 2.81. The van der Waals surface area contributed by atoms with Crippen molar-refractivity contribution in [3.8, 4) is 11.5 Å². The molecule has 0 aromatic heterocycles. The van der Waals surface area contributed by atoms with Crippen molar-refractivity contribution in [2.45, 2.75) is 13.8 Å². The molecule has 110 valence electrons. The summed E-state index contributed by atoms with van der Waals surface area (Å²) in [4.78, 5) is 11.8. The summed E-state index contributed by atoms with van der Waals surface area (Å²) in [6.07, 6.45) is 0. The molecular weight excluding hydrogens is 356 g/mol. The van der Waals surface area contributed by atoms with Crippen molar-refractivity contribution >= 4 is 33.5 Å². The van der Waals surface area contributed by atoms with Gasteiger partial charge in [0, 0.05) is 9.50 Å². The largest absolute Gasteiger partial charge is 0.482 e. The summed E-state index contributed by atoms with van der Waals surface area (Å²) in [5.74, 6) is 0.622. The van der Waals surface area contributed by atoms with Crippen molar-refractivity contribution in [3.05, 3.63) is 57.0 Å². The lowest BCUT2D eigenvalue weighted by molar-refractivity contribution is -0.136. The van der Waals surface area contributed by atoms with Crippen molar-refractivity contribution in [1.29, 1.82) is 0 Å². The normalized spacial score (nSPS) is 10.3. The van der Waals surface area contributed by atoms with Crippen LogP contribution in [-0.2, 0) is 4.79 Å². The Hall–Kier alpha value is -1.52. The lowest BCUT2D eigenvalue weighted by Crippen LogP contribution is -2.17. The van der Waals surface area contributed by atoms with Crippen LogP contribution >= 0.6 is 27.5 Å². The van der Waals surface area contributed by atoms with Crippen molar-refractivity contribution in [2.24, 2.45) is 0 Å². The molecule has 0 radical (unpaired) electrons. The molecule has 2 aromatic carbocycles. The van der Waals surface area contributed by atoms with E-state index in [9.17, 15) is 4.79 Å². The Balaban J connectivity index is 1.94. The lowest BCUT2D eigenvalue weighted by atomic mass is 10.1. The average Bonchev–Trinajstić information content (AvgIpc) is 2.44. The fourth-order valence-corrected chi connectivity index (χ4v) is 2.17. The molecule has 3 nitrogen and oxygen atoms in total. The summed E-state index contributed by atoms with van der Waals surface area (Å²) in [7, 11) is 0. The number of benzene rings is 2. The van der Waals surface area contributed by atoms with E-state index in [1.807, 2.05) is 26.0 Å². The van der Waals surface area contributed by atoms with Gasteiger partial charge in [0.25, 0.3) is 0 Å². The zero-order valence-electron chi connectivity index (χ0n) is 11.7. The van der Waals surface area contributed by atoms with Gasteiger partial charge in [-0.05, 0) is 61.4 Å². The molecule has 0 atom stereocenters. The van der Waals surface area contributed by atoms with Gasteiger partial charge in [-0.3, -0.25) is 0 Å². The first-order chi connectivity index (χ1) is 9.95. The molecule has 0 saturated carbocycles. The molecule has 0 aliphatic heterocycles. The van der Waals surface area contributed by atoms with Crippen LogP contribution in [0.15, 0.2) is 40.9 Å². The van der Waals surface area contributed by atoms with Crippen LogP contribution in [-0.4, -0.2) is 12.6 Å². The fourth-order valence-electron chi connectivity index (χ4n) is 1.80. The maximum absolute atomic E-state index is 11.8. The third kappa shape index (κ3) is 4.48. The Morgan fingerprint density at radius 2 is 1.67 bits per heavy atom. The van der Waals surface area contributed by atoms with E-state index in [0.29, 0.717) is 16.5 Å². The number of hydrogen-bond donors (Lipinski definition) is 0. The number of hydrogen-bond acceptors (Lipinski definition) is 3. The second-order valence-electron chi connectivity index (χ2n) is 4.59. The Morgan fingerprint density at radius 3 is 2.24 bits per heavy atom. The Labute approximate surface area is 137 Å². The van der Waals surface area contributed by atoms with Gasteiger partial charge >= 0.3 is 5.97 Å². The summed E-state index contributed by atoms with van der Waals surface area (Å²) in [6.45, 7) is 3.58. The van der Waals surface area contributed by atoms with Gasteiger partial charge in [-0.1, -0.05) is 27.5 Å². The van der Waals surface area contributed by atoms with Gasteiger partial charge in [0.1, 0.15) is 11.5 Å². The molecule has 0 spiro atoms. The molecule has 21 heavy (non-hydrogen) atoms. The quantitative estimate of drug-likeness (QED) is 0.578. The summed E-state index contributed by atoms with van der Waals surface area (Å²) in [6, 6.07) is 10.7. The molecule has 0 unspecified atom stereocenters. The molecule has 0 heterocycles. The first kappa shape index (κ1) is 15.9. The van der Waals surface area contributed by atoms with Gasteiger partial charge in [0.2, 0.25) is 0 Å². The standard InChI is InChI=1S/C16H14BrClO3/c1-10-7-14(8-11(2)16(10)18)21-15(19)9-20-13-5-3-12(17)4-6-13/h3-8H,9H2,1-2H3. The van der Waals surface area contributed by atoms with Crippen LogP contribution in [0.2, 0.25) is 5.02 Å². The van der Waals surface area contributed by atoms with Crippen LogP contribution in [0.5, 0.6) is 11.5 Å². The maximum atomic E-state index is 11.8. The number of carbonyl (C=O) groups is 1. The summed E-state index contributed by atoms with van der Waals surface area (Å²) in [5.41, 5.74) is 1.74. The smallest absolute Gasteiger partial charge is 0.349 e. The zero-order valence-corrected chi connectivity index (χ0v) is 14.0. The monoisotopic (exact) mass is 368 g/mol. The average molecular weight is 370 g/mol. The predicted octanol–water partition coefficient (Wildman–Crippen LogP) is 4.70. The number of aryl methyl sites for hydroxylation is 2. The van der Waals surface area contributed by atoms with Crippen molar-refractivity contribution in [1.82, 2.24) is 0 Å². The van der Waals surface area contributed by atoms with Crippen LogP contribution in [0.25, 0.3) is 0 Å². The van der Waals surface area contributed by atoms with Crippen molar-refractivity contribution in [2.75, 3.05) is 6.61 Å². The summed E-state index contributed by atoms with van der Waals surface area (Å²) < 4.78 is 11.6. The van der Waals surface area contributed by atoms with Crippen LogP contribution in [0.1, 0.15) is 11.1 Å². The van der Waals surface area contributed by atoms with Gasteiger partial charge in [0.15, 0.2) is 6.61 Å². The highest BCUT2D eigenvalue weighted by molar-refractivity contribution is 9.10. The van der Waals surface area contributed by atoms with Crippen LogP contribution in [0.4, 0.5) is 0 Å². The molecule has 2 aromatic rings. The molecule has 0 bridgehead atoms. The number of carbonyl (C=O) groups excluding carboxylic acids is 1. The Morgan fingerprint density at radius 1 is 1.10 bits per heavy atom. The number of rotatable bonds is 4.